The normalized spacial score (nSPS) is 15.0. The lowest BCUT2D eigenvalue weighted by Gasteiger charge is -2.17. The molecule has 0 spiro atoms. The summed E-state index contributed by atoms with van der Waals surface area (Å²) in [5, 5.41) is 14.4. The van der Waals surface area contributed by atoms with Crippen LogP contribution in [0.3, 0.4) is 0 Å². The van der Waals surface area contributed by atoms with Crippen LogP contribution in [-0.2, 0) is 11.2 Å². The Bertz CT molecular complexity index is 1200. The van der Waals surface area contributed by atoms with E-state index < -0.39 is 4.92 Å². The molecule has 0 bridgehead atoms. The van der Waals surface area contributed by atoms with Gasteiger partial charge in [0, 0.05) is 24.0 Å². The zero-order chi connectivity index (χ0) is 21.3. The maximum Gasteiger partial charge on any atom is 0.281 e. The van der Waals surface area contributed by atoms with Gasteiger partial charge in [-0.05, 0) is 54.5 Å². The monoisotopic (exact) mass is 418 g/mol. The van der Waals surface area contributed by atoms with Gasteiger partial charge < -0.3 is 9.88 Å². The first-order chi connectivity index (χ1) is 14.5. The van der Waals surface area contributed by atoms with Crippen molar-refractivity contribution in [1.82, 2.24) is 9.88 Å². The zero-order valence-electron chi connectivity index (χ0n) is 16.1. The number of hydrogen-bond acceptors (Lipinski definition) is 4. The molecule has 0 aliphatic carbocycles. The second-order valence-corrected chi connectivity index (χ2v) is 7.08. The van der Waals surface area contributed by atoms with Crippen LogP contribution in [0.2, 0.25) is 0 Å². The Hall–Kier alpha value is -3.78. The Morgan fingerprint density at radius 1 is 1.13 bits per heavy atom. The second-order valence-electron chi connectivity index (χ2n) is 6.69. The molecule has 1 aromatic heterocycles. The van der Waals surface area contributed by atoms with Crippen LogP contribution < -0.4 is 10.2 Å². The van der Waals surface area contributed by atoms with Gasteiger partial charge in [-0.25, -0.2) is 0 Å². The third-order valence-electron chi connectivity index (χ3n) is 4.88. The molecule has 3 aromatic rings. The van der Waals surface area contributed by atoms with Crippen molar-refractivity contribution in [1.29, 1.82) is 0 Å². The molecule has 1 N–H and O–H groups in total. The van der Waals surface area contributed by atoms with E-state index in [1.165, 1.54) is 17.0 Å². The molecule has 1 saturated heterocycles. The summed E-state index contributed by atoms with van der Waals surface area (Å²) in [7, 11) is 0. The molecule has 2 aromatic carbocycles. The summed E-state index contributed by atoms with van der Waals surface area (Å²) in [6.45, 7) is 2.03. The molecule has 4 rings (SSSR count). The predicted octanol–water partition coefficient (Wildman–Crippen LogP) is 4.21. The Morgan fingerprint density at radius 3 is 2.70 bits per heavy atom. The van der Waals surface area contributed by atoms with Crippen molar-refractivity contribution >= 4 is 40.7 Å². The standard InChI is InChI=1S/C22H18N4O3S/c1-2-15-7-3-4-11-20(15)25-21(27)19(23-22(25)30)14-17-10-6-12-24(17)16-8-5-9-18(13-16)26(28)29/h3-14H,2H2,1H3,(H,23,30)/b19-14+. The number of rotatable bonds is 5. The number of amides is 1. The molecule has 1 aliphatic rings. The molecule has 150 valence electrons. The van der Waals surface area contributed by atoms with Crippen LogP contribution in [0.5, 0.6) is 0 Å². The van der Waals surface area contributed by atoms with E-state index in [0.29, 0.717) is 22.2 Å². The van der Waals surface area contributed by atoms with Crippen molar-refractivity contribution in [2.75, 3.05) is 4.90 Å². The molecule has 1 fully saturated rings. The zero-order valence-corrected chi connectivity index (χ0v) is 16.9. The predicted molar refractivity (Wildman–Crippen MR) is 119 cm³/mol. The number of non-ortho nitro benzene ring substituents is 1. The molecule has 0 saturated carbocycles. The van der Waals surface area contributed by atoms with Crippen molar-refractivity contribution in [3.8, 4) is 5.69 Å². The van der Waals surface area contributed by atoms with Crippen LogP contribution in [0, 0.1) is 10.1 Å². The number of para-hydroxylation sites is 1. The van der Waals surface area contributed by atoms with Crippen molar-refractivity contribution < 1.29 is 9.72 Å². The van der Waals surface area contributed by atoms with Gasteiger partial charge in [-0.3, -0.25) is 19.8 Å². The number of hydrogen-bond donors (Lipinski definition) is 1. The molecular formula is C22H18N4O3S. The average Bonchev–Trinajstić information content (AvgIpc) is 3.32. The number of aryl methyl sites for hydroxylation is 1. The van der Waals surface area contributed by atoms with E-state index in [1.807, 2.05) is 43.3 Å². The lowest BCUT2D eigenvalue weighted by Crippen LogP contribution is -2.31. The Balaban J connectivity index is 1.70. The first-order valence-electron chi connectivity index (χ1n) is 9.37. The van der Waals surface area contributed by atoms with Crippen LogP contribution in [0.15, 0.2) is 72.6 Å². The minimum absolute atomic E-state index is 0.00148. The van der Waals surface area contributed by atoms with Crippen LogP contribution in [0.4, 0.5) is 11.4 Å². The molecule has 0 radical (unpaired) electrons. The molecule has 7 nitrogen and oxygen atoms in total. The van der Waals surface area contributed by atoms with E-state index in [0.717, 1.165) is 17.7 Å². The number of carbonyl (C=O) groups is 1. The summed E-state index contributed by atoms with van der Waals surface area (Å²) in [4.78, 5) is 25.3. The number of aromatic nitrogens is 1. The van der Waals surface area contributed by atoms with Crippen molar-refractivity contribution in [2.24, 2.45) is 0 Å². The topological polar surface area (TPSA) is 80.4 Å². The van der Waals surface area contributed by atoms with Crippen LogP contribution in [0.1, 0.15) is 18.2 Å². The molecule has 8 heteroatoms. The minimum Gasteiger partial charge on any atom is -0.327 e. The Labute approximate surface area is 178 Å². The van der Waals surface area contributed by atoms with E-state index in [1.54, 1.807) is 29.0 Å². The van der Waals surface area contributed by atoms with Gasteiger partial charge in [0.05, 0.1) is 16.3 Å². The maximum atomic E-state index is 13.1. The third kappa shape index (κ3) is 3.48. The summed E-state index contributed by atoms with van der Waals surface area (Å²) < 4.78 is 1.78. The van der Waals surface area contributed by atoms with Gasteiger partial charge in [0.25, 0.3) is 11.6 Å². The number of thiocarbonyl (C=S) groups is 1. The highest BCUT2D eigenvalue weighted by atomic mass is 32.1. The highest BCUT2D eigenvalue weighted by molar-refractivity contribution is 7.80. The molecule has 1 aliphatic heterocycles. The molecule has 0 unspecified atom stereocenters. The Morgan fingerprint density at radius 2 is 1.93 bits per heavy atom. The van der Waals surface area contributed by atoms with Gasteiger partial charge >= 0.3 is 0 Å². The van der Waals surface area contributed by atoms with Crippen LogP contribution in [0.25, 0.3) is 11.8 Å². The summed E-state index contributed by atoms with van der Waals surface area (Å²) in [5.41, 5.74) is 3.45. The lowest BCUT2D eigenvalue weighted by molar-refractivity contribution is -0.384. The number of nitrogens with zero attached hydrogens (tertiary/aromatic N) is 3. The van der Waals surface area contributed by atoms with Crippen LogP contribution in [-0.4, -0.2) is 20.5 Å². The second kappa shape index (κ2) is 7.92. The molecule has 1 amide bonds. The fourth-order valence-corrected chi connectivity index (χ4v) is 3.72. The number of nitro benzene ring substituents is 1. The summed E-state index contributed by atoms with van der Waals surface area (Å²) in [6, 6.07) is 17.6. The maximum absolute atomic E-state index is 13.1. The molecule has 2 heterocycles. The quantitative estimate of drug-likeness (QED) is 0.291. The number of carbonyl (C=O) groups excluding carboxylic acids is 1. The van der Waals surface area contributed by atoms with Crippen molar-refractivity contribution in [2.45, 2.75) is 13.3 Å². The fourth-order valence-electron chi connectivity index (χ4n) is 3.43. The van der Waals surface area contributed by atoms with E-state index >= 15 is 0 Å². The van der Waals surface area contributed by atoms with Gasteiger partial charge in [-0.2, -0.15) is 0 Å². The smallest absolute Gasteiger partial charge is 0.281 e. The van der Waals surface area contributed by atoms with Crippen molar-refractivity contribution in [3.63, 3.8) is 0 Å². The van der Waals surface area contributed by atoms with E-state index in [9.17, 15) is 14.9 Å². The van der Waals surface area contributed by atoms with Gasteiger partial charge in [0.1, 0.15) is 5.70 Å². The van der Waals surface area contributed by atoms with E-state index in [4.69, 9.17) is 12.2 Å². The lowest BCUT2D eigenvalue weighted by atomic mass is 10.1. The van der Waals surface area contributed by atoms with E-state index in [-0.39, 0.29) is 11.6 Å². The number of nitro groups is 1. The number of anilines is 1. The van der Waals surface area contributed by atoms with Gasteiger partial charge in [-0.1, -0.05) is 31.2 Å². The summed E-state index contributed by atoms with van der Waals surface area (Å²) >= 11 is 5.42. The molecular weight excluding hydrogens is 400 g/mol. The number of benzene rings is 2. The van der Waals surface area contributed by atoms with Crippen molar-refractivity contribution in [3.05, 3.63) is 93.9 Å². The minimum atomic E-state index is -0.436. The van der Waals surface area contributed by atoms with Gasteiger partial charge in [0.2, 0.25) is 0 Å². The number of nitrogens with one attached hydrogen (secondary N) is 1. The molecule has 0 atom stereocenters. The third-order valence-corrected chi connectivity index (χ3v) is 5.17. The van der Waals surface area contributed by atoms with Crippen LogP contribution >= 0.6 is 12.2 Å². The SMILES string of the molecule is CCc1ccccc1N1C(=O)/C(=C\c2cccn2-c2cccc([N+](=O)[O-])c2)NC1=S. The van der Waals surface area contributed by atoms with E-state index in [2.05, 4.69) is 5.32 Å². The summed E-state index contributed by atoms with van der Waals surface area (Å²) in [5.74, 6) is -0.243. The van der Waals surface area contributed by atoms with Gasteiger partial charge in [-0.15, -0.1) is 0 Å². The fraction of sp³-hybridized carbons (Fsp3) is 0.0909. The summed E-state index contributed by atoms with van der Waals surface area (Å²) in [6.07, 6.45) is 4.26. The first kappa shape index (κ1) is 19.5. The highest BCUT2D eigenvalue weighted by Gasteiger charge is 2.33. The van der Waals surface area contributed by atoms with Gasteiger partial charge in [0.15, 0.2) is 5.11 Å². The largest absolute Gasteiger partial charge is 0.327 e. The average molecular weight is 418 g/mol. The highest BCUT2D eigenvalue weighted by Crippen LogP contribution is 2.27. The first-order valence-corrected chi connectivity index (χ1v) is 9.77. The Kier molecular flexibility index (Phi) is 5.16. The molecule has 30 heavy (non-hydrogen) atoms.